The number of hydrogen-bond acceptors (Lipinski definition) is 3. The van der Waals surface area contributed by atoms with Crippen LogP contribution in [-0.2, 0) is 5.41 Å². The van der Waals surface area contributed by atoms with Crippen molar-refractivity contribution < 1.29 is 41.7 Å². The first-order chi connectivity index (χ1) is 10.9. The van der Waals surface area contributed by atoms with Crippen LogP contribution in [0.4, 0.5) is 26.3 Å². The lowest BCUT2D eigenvalue weighted by Gasteiger charge is -2.38. The van der Waals surface area contributed by atoms with E-state index in [0.29, 0.717) is 18.2 Å². The van der Waals surface area contributed by atoms with Gasteiger partial charge < -0.3 is 15.3 Å². The number of phenolic OH excluding ortho intramolecular Hbond substituents is 3. The van der Waals surface area contributed by atoms with Crippen molar-refractivity contribution in [1.82, 2.24) is 0 Å². The lowest BCUT2D eigenvalue weighted by Crippen LogP contribution is -2.54. The van der Waals surface area contributed by atoms with Crippen molar-refractivity contribution in [3.8, 4) is 17.2 Å². The van der Waals surface area contributed by atoms with Crippen LogP contribution in [0.15, 0.2) is 42.5 Å². The number of aromatic hydroxyl groups is 3. The minimum absolute atomic E-state index is 0.276. The molecule has 0 aliphatic carbocycles. The van der Waals surface area contributed by atoms with Gasteiger partial charge in [0.05, 0.1) is 0 Å². The molecule has 9 heteroatoms. The van der Waals surface area contributed by atoms with Crippen LogP contribution in [0, 0.1) is 0 Å². The summed E-state index contributed by atoms with van der Waals surface area (Å²) in [6.45, 7) is 0. The summed E-state index contributed by atoms with van der Waals surface area (Å²) in [4.78, 5) is 0. The molecule has 0 aliphatic rings. The monoisotopic (exact) mass is 352 g/mol. The summed E-state index contributed by atoms with van der Waals surface area (Å²) in [7, 11) is 0. The fourth-order valence-corrected chi connectivity index (χ4v) is 2.51. The zero-order valence-corrected chi connectivity index (χ0v) is 11.7. The van der Waals surface area contributed by atoms with E-state index in [1.807, 2.05) is 0 Å². The topological polar surface area (TPSA) is 60.7 Å². The van der Waals surface area contributed by atoms with Crippen molar-refractivity contribution in [2.24, 2.45) is 0 Å². The van der Waals surface area contributed by atoms with Crippen LogP contribution in [-0.4, -0.2) is 27.7 Å². The Kier molecular flexibility index (Phi) is 4.07. The van der Waals surface area contributed by atoms with E-state index in [4.69, 9.17) is 0 Å². The third-order valence-electron chi connectivity index (χ3n) is 3.59. The van der Waals surface area contributed by atoms with Gasteiger partial charge >= 0.3 is 12.4 Å². The van der Waals surface area contributed by atoms with Gasteiger partial charge in [0.25, 0.3) is 0 Å². The van der Waals surface area contributed by atoms with Crippen molar-refractivity contribution in [1.29, 1.82) is 0 Å². The summed E-state index contributed by atoms with van der Waals surface area (Å²) in [6.07, 6.45) is -11.8. The highest BCUT2D eigenvalue weighted by Gasteiger charge is 2.73. The van der Waals surface area contributed by atoms with Gasteiger partial charge in [-0.1, -0.05) is 30.3 Å². The van der Waals surface area contributed by atoms with Gasteiger partial charge in [-0.05, 0) is 17.7 Å². The minimum Gasteiger partial charge on any atom is -0.504 e. The lowest BCUT2D eigenvalue weighted by molar-refractivity contribution is -0.289. The summed E-state index contributed by atoms with van der Waals surface area (Å²) in [5, 5.41) is 28.3. The van der Waals surface area contributed by atoms with E-state index in [9.17, 15) is 41.7 Å². The van der Waals surface area contributed by atoms with Crippen molar-refractivity contribution in [3.05, 3.63) is 53.6 Å². The summed E-state index contributed by atoms with van der Waals surface area (Å²) in [6, 6.07) is 5.15. The Morgan fingerprint density at radius 1 is 0.625 bits per heavy atom. The predicted octanol–water partition coefficient (Wildman–Crippen LogP) is 4.21. The SMILES string of the molecule is Oc1ccc(C(c2ccccc2)(C(F)(F)F)C(F)(F)F)c(O)c1O. The Bertz CT molecular complexity index is 723. The summed E-state index contributed by atoms with van der Waals surface area (Å²) >= 11 is 0. The van der Waals surface area contributed by atoms with E-state index in [-0.39, 0.29) is 6.07 Å². The first-order valence-corrected chi connectivity index (χ1v) is 6.38. The summed E-state index contributed by atoms with van der Waals surface area (Å²) in [5.41, 5.74) is -7.41. The molecule has 0 atom stereocenters. The maximum Gasteiger partial charge on any atom is 0.411 e. The van der Waals surface area contributed by atoms with E-state index >= 15 is 0 Å². The van der Waals surface area contributed by atoms with Gasteiger partial charge in [-0.15, -0.1) is 0 Å². The number of halogens is 6. The molecule has 130 valence electrons. The number of hydrogen-bond donors (Lipinski definition) is 3. The number of alkyl halides is 6. The molecule has 0 saturated carbocycles. The highest BCUT2D eigenvalue weighted by Crippen LogP contribution is 2.59. The van der Waals surface area contributed by atoms with Crippen LogP contribution in [0.5, 0.6) is 17.2 Å². The zero-order valence-electron chi connectivity index (χ0n) is 11.7. The van der Waals surface area contributed by atoms with Gasteiger partial charge in [0.1, 0.15) is 0 Å². The molecule has 2 rings (SSSR count). The molecule has 2 aromatic carbocycles. The maximum absolute atomic E-state index is 13.7. The third-order valence-corrected chi connectivity index (χ3v) is 3.59. The van der Waals surface area contributed by atoms with Crippen LogP contribution in [0.3, 0.4) is 0 Å². The third kappa shape index (κ3) is 2.40. The van der Waals surface area contributed by atoms with Crippen molar-refractivity contribution in [2.75, 3.05) is 0 Å². The Hall–Kier alpha value is -2.58. The van der Waals surface area contributed by atoms with Gasteiger partial charge in [-0.3, -0.25) is 0 Å². The van der Waals surface area contributed by atoms with Crippen LogP contribution < -0.4 is 0 Å². The Morgan fingerprint density at radius 3 is 1.58 bits per heavy atom. The highest BCUT2D eigenvalue weighted by molar-refractivity contribution is 5.59. The molecule has 0 spiro atoms. The normalized spacial score (nSPS) is 13.1. The largest absolute Gasteiger partial charge is 0.504 e. The molecule has 0 bridgehead atoms. The molecule has 2 aromatic rings. The molecular weight excluding hydrogens is 342 g/mol. The Balaban J connectivity index is 3.00. The Labute approximate surface area is 131 Å². The number of rotatable bonds is 2. The van der Waals surface area contributed by atoms with Gasteiger partial charge in [0.15, 0.2) is 11.5 Å². The van der Waals surface area contributed by atoms with Crippen molar-refractivity contribution in [3.63, 3.8) is 0 Å². The van der Waals surface area contributed by atoms with E-state index in [1.165, 1.54) is 6.07 Å². The van der Waals surface area contributed by atoms with E-state index in [2.05, 4.69) is 0 Å². The fourth-order valence-electron chi connectivity index (χ4n) is 2.51. The molecule has 0 unspecified atom stereocenters. The Morgan fingerprint density at radius 2 is 1.12 bits per heavy atom. The second kappa shape index (κ2) is 5.50. The maximum atomic E-state index is 13.7. The van der Waals surface area contributed by atoms with Crippen LogP contribution in [0.2, 0.25) is 0 Å². The number of phenols is 3. The molecule has 0 aromatic heterocycles. The molecule has 0 aliphatic heterocycles. The van der Waals surface area contributed by atoms with Gasteiger partial charge in [0.2, 0.25) is 11.2 Å². The smallest absolute Gasteiger partial charge is 0.411 e. The second-order valence-corrected chi connectivity index (χ2v) is 4.94. The van der Waals surface area contributed by atoms with Crippen LogP contribution in [0.1, 0.15) is 11.1 Å². The summed E-state index contributed by atoms with van der Waals surface area (Å²) in [5.74, 6) is -4.22. The van der Waals surface area contributed by atoms with Crippen molar-refractivity contribution >= 4 is 0 Å². The lowest BCUT2D eigenvalue weighted by atomic mass is 9.72. The first kappa shape index (κ1) is 17.8. The molecule has 0 saturated heterocycles. The molecule has 24 heavy (non-hydrogen) atoms. The van der Waals surface area contributed by atoms with Crippen LogP contribution in [0.25, 0.3) is 0 Å². The van der Waals surface area contributed by atoms with E-state index in [0.717, 1.165) is 12.1 Å². The quantitative estimate of drug-likeness (QED) is 0.560. The standard InChI is InChI=1S/C15H10F6O3/c16-14(17,18)13(15(19,20)21,8-4-2-1-3-5-8)9-6-7-10(22)12(24)11(9)23/h1-7,22-24H. The average molecular weight is 352 g/mol. The second-order valence-electron chi connectivity index (χ2n) is 4.94. The molecule has 0 radical (unpaired) electrons. The summed E-state index contributed by atoms with van der Waals surface area (Å²) < 4.78 is 82.1. The molecule has 3 nitrogen and oxygen atoms in total. The molecular formula is C15H10F6O3. The number of benzene rings is 2. The van der Waals surface area contributed by atoms with Crippen LogP contribution >= 0.6 is 0 Å². The molecule has 3 N–H and O–H groups in total. The highest BCUT2D eigenvalue weighted by atomic mass is 19.4. The van der Waals surface area contributed by atoms with Gasteiger partial charge in [-0.2, -0.15) is 26.3 Å². The zero-order chi connectivity index (χ0) is 18.3. The molecule has 0 amide bonds. The fraction of sp³-hybridized carbons (Fsp3) is 0.200. The van der Waals surface area contributed by atoms with Gasteiger partial charge in [-0.25, -0.2) is 0 Å². The minimum atomic E-state index is -5.90. The van der Waals surface area contributed by atoms with Gasteiger partial charge in [0, 0.05) is 5.56 Å². The predicted molar refractivity (Wildman–Crippen MR) is 70.8 cm³/mol. The van der Waals surface area contributed by atoms with Crippen molar-refractivity contribution in [2.45, 2.75) is 17.8 Å². The molecule has 0 heterocycles. The average Bonchev–Trinajstić information content (AvgIpc) is 2.46. The van der Waals surface area contributed by atoms with E-state index < -0.39 is 46.1 Å². The molecule has 0 fully saturated rings. The first-order valence-electron chi connectivity index (χ1n) is 6.38. The van der Waals surface area contributed by atoms with E-state index in [1.54, 1.807) is 0 Å².